The van der Waals surface area contributed by atoms with E-state index in [1.54, 1.807) is 7.11 Å². The zero-order valence-corrected chi connectivity index (χ0v) is 11.6. The Morgan fingerprint density at radius 2 is 2.00 bits per heavy atom. The fraction of sp³-hybridized carbons (Fsp3) is 0.333. The summed E-state index contributed by atoms with van der Waals surface area (Å²) in [7, 11) is 3.53. The van der Waals surface area contributed by atoms with Crippen LogP contribution >= 0.6 is 0 Å². The molecule has 1 aromatic heterocycles. The monoisotopic (exact) mass is 271 g/mol. The van der Waals surface area contributed by atoms with Gasteiger partial charge >= 0.3 is 0 Å². The first-order chi connectivity index (χ1) is 9.81. The zero-order valence-electron chi connectivity index (χ0n) is 11.6. The first-order valence-electron chi connectivity index (χ1n) is 6.61. The van der Waals surface area contributed by atoms with Gasteiger partial charge < -0.3 is 14.8 Å². The molecule has 1 N–H and O–H groups in total. The normalized spacial score (nSPS) is 13.7. The summed E-state index contributed by atoms with van der Waals surface area (Å²) >= 11 is 0. The second kappa shape index (κ2) is 5.46. The summed E-state index contributed by atoms with van der Waals surface area (Å²) in [6, 6.07) is 7.78. The lowest BCUT2D eigenvalue weighted by Gasteiger charge is -2.19. The molecule has 1 aliphatic rings. The molecular formula is C15H17N3O2. The van der Waals surface area contributed by atoms with Crippen LogP contribution in [0.5, 0.6) is 5.75 Å². The third kappa shape index (κ3) is 2.32. The molecule has 104 valence electrons. The smallest absolute Gasteiger partial charge is 0.161 e. The van der Waals surface area contributed by atoms with Crippen molar-refractivity contribution in [3.05, 3.63) is 35.5 Å². The number of hydrogen-bond acceptors (Lipinski definition) is 5. The largest absolute Gasteiger partial charge is 0.497 e. The van der Waals surface area contributed by atoms with Gasteiger partial charge in [0.1, 0.15) is 11.6 Å². The number of rotatable bonds is 3. The first kappa shape index (κ1) is 12.9. The first-order valence-corrected chi connectivity index (χ1v) is 6.61. The molecule has 0 radical (unpaired) electrons. The van der Waals surface area contributed by atoms with E-state index in [1.165, 1.54) is 0 Å². The van der Waals surface area contributed by atoms with E-state index in [-0.39, 0.29) is 0 Å². The van der Waals surface area contributed by atoms with Crippen LogP contribution < -0.4 is 10.1 Å². The van der Waals surface area contributed by atoms with Crippen LogP contribution in [0, 0.1) is 0 Å². The Hall–Kier alpha value is -2.14. The highest BCUT2D eigenvalue weighted by Crippen LogP contribution is 2.26. The molecule has 0 spiro atoms. The number of aromatic nitrogens is 2. The predicted molar refractivity (Wildman–Crippen MR) is 76.9 cm³/mol. The molecule has 20 heavy (non-hydrogen) atoms. The van der Waals surface area contributed by atoms with Crippen molar-refractivity contribution in [2.75, 3.05) is 26.1 Å². The Kier molecular flexibility index (Phi) is 3.52. The van der Waals surface area contributed by atoms with Gasteiger partial charge in [-0.3, -0.25) is 0 Å². The SMILES string of the molecule is CNc1nc(-c2ccc(OC)cc2)nc2c1COCC2. The summed E-state index contributed by atoms with van der Waals surface area (Å²) < 4.78 is 10.6. The summed E-state index contributed by atoms with van der Waals surface area (Å²) in [6.45, 7) is 1.30. The summed E-state index contributed by atoms with van der Waals surface area (Å²) in [5.74, 6) is 2.41. The van der Waals surface area contributed by atoms with Gasteiger partial charge in [-0.05, 0) is 24.3 Å². The van der Waals surface area contributed by atoms with Crippen LogP contribution in [0.25, 0.3) is 11.4 Å². The maximum atomic E-state index is 5.48. The lowest BCUT2D eigenvalue weighted by Crippen LogP contribution is -2.16. The number of hydrogen-bond donors (Lipinski definition) is 1. The average Bonchev–Trinajstić information content (AvgIpc) is 2.54. The van der Waals surface area contributed by atoms with Gasteiger partial charge in [0.25, 0.3) is 0 Å². The molecule has 0 fully saturated rings. The third-order valence-electron chi connectivity index (χ3n) is 3.41. The minimum absolute atomic E-state index is 0.578. The summed E-state index contributed by atoms with van der Waals surface area (Å²) in [5, 5.41) is 3.13. The van der Waals surface area contributed by atoms with Crippen LogP contribution in [0.15, 0.2) is 24.3 Å². The fourth-order valence-corrected chi connectivity index (χ4v) is 2.31. The van der Waals surface area contributed by atoms with Gasteiger partial charge in [0.05, 0.1) is 26.0 Å². The molecule has 3 rings (SSSR count). The van der Waals surface area contributed by atoms with E-state index >= 15 is 0 Å². The number of benzene rings is 1. The van der Waals surface area contributed by atoms with E-state index in [0.717, 1.165) is 47.2 Å². The number of nitrogens with one attached hydrogen (secondary N) is 1. The molecule has 2 heterocycles. The van der Waals surface area contributed by atoms with Gasteiger partial charge in [0.2, 0.25) is 0 Å². The number of nitrogens with zero attached hydrogens (tertiary/aromatic N) is 2. The molecule has 0 unspecified atom stereocenters. The molecule has 0 aliphatic carbocycles. The van der Waals surface area contributed by atoms with Crippen molar-refractivity contribution in [3.8, 4) is 17.1 Å². The van der Waals surface area contributed by atoms with Gasteiger partial charge in [-0.1, -0.05) is 0 Å². The van der Waals surface area contributed by atoms with E-state index < -0.39 is 0 Å². The van der Waals surface area contributed by atoms with Crippen molar-refractivity contribution in [1.29, 1.82) is 0 Å². The van der Waals surface area contributed by atoms with E-state index in [9.17, 15) is 0 Å². The van der Waals surface area contributed by atoms with E-state index in [0.29, 0.717) is 6.61 Å². The Morgan fingerprint density at radius 1 is 1.20 bits per heavy atom. The summed E-state index contributed by atoms with van der Waals surface area (Å²) in [5.41, 5.74) is 3.12. The molecule has 0 atom stereocenters. The topological polar surface area (TPSA) is 56.3 Å². The van der Waals surface area contributed by atoms with Crippen LogP contribution in [0.1, 0.15) is 11.3 Å². The van der Waals surface area contributed by atoms with Crippen molar-refractivity contribution in [3.63, 3.8) is 0 Å². The van der Waals surface area contributed by atoms with Gasteiger partial charge in [0.15, 0.2) is 5.82 Å². The third-order valence-corrected chi connectivity index (χ3v) is 3.41. The highest BCUT2D eigenvalue weighted by atomic mass is 16.5. The minimum atomic E-state index is 0.578. The lowest BCUT2D eigenvalue weighted by atomic mass is 10.1. The molecule has 0 bridgehead atoms. The lowest BCUT2D eigenvalue weighted by molar-refractivity contribution is 0.109. The number of ether oxygens (including phenoxy) is 2. The molecule has 5 nitrogen and oxygen atoms in total. The van der Waals surface area contributed by atoms with Crippen molar-refractivity contribution < 1.29 is 9.47 Å². The number of fused-ring (bicyclic) bond motifs is 1. The predicted octanol–water partition coefficient (Wildman–Crippen LogP) is 2.27. The Balaban J connectivity index is 2.04. The van der Waals surface area contributed by atoms with Gasteiger partial charge in [-0.15, -0.1) is 0 Å². The number of anilines is 1. The molecule has 2 aromatic rings. The summed E-state index contributed by atoms with van der Waals surface area (Å²) in [6.07, 6.45) is 0.829. The summed E-state index contributed by atoms with van der Waals surface area (Å²) in [4.78, 5) is 9.26. The van der Waals surface area contributed by atoms with Crippen molar-refractivity contribution in [1.82, 2.24) is 9.97 Å². The zero-order chi connectivity index (χ0) is 13.9. The molecule has 0 amide bonds. The Labute approximate surface area is 118 Å². The van der Waals surface area contributed by atoms with E-state index in [2.05, 4.69) is 15.3 Å². The van der Waals surface area contributed by atoms with E-state index in [1.807, 2.05) is 31.3 Å². The van der Waals surface area contributed by atoms with E-state index in [4.69, 9.17) is 9.47 Å². The Bertz CT molecular complexity index is 594. The second-order valence-corrected chi connectivity index (χ2v) is 4.60. The van der Waals surface area contributed by atoms with Crippen LogP contribution in [0.2, 0.25) is 0 Å². The second-order valence-electron chi connectivity index (χ2n) is 4.60. The average molecular weight is 271 g/mol. The molecule has 1 aromatic carbocycles. The van der Waals surface area contributed by atoms with Crippen molar-refractivity contribution >= 4 is 5.82 Å². The standard InChI is InChI=1S/C15H17N3O2/c1-16-15-12-9-20-8-7-13(12)17-14(18-15)10-3-5-11(19-2)6-4-10/h3-6H,7-9H2,1-2H3,(H,16,17,18). The Morgan fingerprint density at radius 3 is 2.70 bits per heavy atom. The van der Waals surface area contributed by atoms with Crippen molar-refractivity contribution in [2.45, 2.75) is 13.0 Å². The molecule has 1 aliphatic heterocycles. The van der Waals surface area contributed by atoms with Crippen molar-refractivity contribution in [2.24, 2.45) is 0 Å². The highest BCUT2D eigenvalue weighted by molar-refractivity contribution is 5.60. The minimum Gasteiger partial charge on any atom is -0.497 e. The maximum absolute atomic E-state index is 5.48. The number of methoxy groups -OCH3 is 1. The molecule has 5 heteroatoms. The maximum Gasteiger partial charge on any atom is 0.161 e. The van der Waals surface area contributed by atoms with Crippen LogP contribution in [0.3, 0.4) is 0 Å². The molecular weight excluding hydrogens is 254 g/mol. The molecule has 0 saturated carbocycles. The van der Waals surface area contributed by atoms with Gasteiger partial charge in [0, 0.05) is 24.6 Å². The highest BCUT2D eigenvalue weighted by Gasteiger charge is 2.18. The van der Waals surface area contributed by atoms with Crippen LogP contribution in [0.4, 0.5) is 5.82 Å². The fourth-order valence-electron chi connectivity index (χ4n) is 2.31. The quantitative estimate of drug-likeness (QED) is 0.928. The molecule has 0 saturated heterocycles. The van der Waals surface area contributed by atoms with Gasteiger partial charge in [-0.2, -0.15) is 0 Å². The van der Waals surface area contributed by atoms with Crippen LogP contribution in [-0.2, 0) is 17.8 Å². The van der Waals surface area contributed by atoms with Gasteiger partial charge in [-0.25, -0.2) is 9.97 Å². The van der Waals surface area contributed by atoms with Crippen LogP contribution in [-0.4, -0.2) is 30.7 Å².